The van der Waals surface area contributed by atoms with Crippen LogP contribution in [0.3, 0.4) is 0 Å². The lowest BCUT2D eigenvalue weighted by Crippen LogP contribution is -2.17. The third kappa shape index (κ3) is 1.74. The predicted octanol–water partition coefficient (Wildman–Crippen LogP) is 2.19. The standard InChI is InChI=1S/C11H13N/c12-11(8-9-11)7-6-10-4-2-1-3-5-10/h1-7H,8-9,12H2/b7-6+. The number of rotatable bonds is 2. The predicted molar refractivity (Wildman–Crippen MR) is 51.6 cm³/mol. The van der Waals surface area contributed by atoms with E-state index in [1.165, 1.54) is 5.56 Å². The van der Waals surface area contributed by atoms with Crippen molar-refractivity contribution < 1.29 is 0 Å². The topological polar surface area (TPSA) is 26.0 Å². The summed E-state index contributed by atoms with van der Waals surface area (Å²) in [5.41, 5.74) is 7.16. The Balaban J connectivity index is 2.08. The van der Waals surface area contributed by atoms with Crippen LogP contribution in [-0.4, -0.2) is 5.54 Å². The Morgan fingerprint density at radius 3 is 2.42 bits per heavy atom. The van der Waals surface area contributed by atoms with Crippen molar-refractivity contribution in [3.8, 4) is 0 Å². The third-order valence-electron chi connectivity index (χ3n) is 2.23. The van der Waals surface area contributed by atoms with E-state index in [-0.39, 0.29) is 5.54 Å². The van der Waals surface area contributed by atoms with E-state index >= 15 is 0 Å². The first-order valence-corrected chi connectivity index (χ1v) is 4.32. The maximum atomic E-state index is 5.91. The molecule has 1 fully saturated rings. The lowest BCUT2D eigenvalue weighted by atomic mass is 10.1. The molecule has 2 N–H and O–H groups in total. The monoisotopic (exact) mass is 159 g/mol. The summed E-state index contributed by atoms with van der Waals surface area (Å²) in [6, 6.07) is 10.3. The van der Waals surface area contributed by atoms with Crippen molar-refractivity contribution in [2.45, 2.75) is 18.4 Å². The summed E-state index contributed by atoms with van der Waals surface area (Å²) in [4.78, 5) is 0. The quantitative estimate of drug-likeness (QED) is 0.703. The summed E-state index contributed by atoms with van der Waals surface area (Å²) < 4.78 is 0. The first-order valence-electron chi connectivity index (χ1n) is 4.32. The second kappa shape index (κ2) is 2.76. The van der Waals surface area contributed by atoms with Gasteiger partial charge in [-0.3, -0.25) is 0 Å². The van der Waals surface area contributed by atoms with Gasteiger partial charge in [0.15, 0.2) is 0 Å². The molecule has 0 unspecified atom stereocenters. The first-order chi connectivity index (χ1) is 5.79. The molecule has 0 aromatic heterocycles. The summed E-state index contributed by atoms with van der Waals surface area (Å²) in [7, 11) is 0. The summed E-state index contributed by atoms with van der Waals surface area (Å²) in [6.07, 6.45) is 6.49. The Morgan fingerprint density at radius 2 is 1.83 bits per heavy atom. The van der Waals surface area contributed by atoms with Crippen LogP contribution in [-0.2, 0) is 0 Å². The van der Waals surface area contributed by atoms with E-state index in [1.54, 1.807) is 0 Å². The fourth-order valence-electron chi connectivity index (χ4n) is 1.14. The highest BCUT2D eigenvalue weighted by molar-refractivity contribution is 5.51. The molecule has 0 bridgehead atoms. The molecule has 1 aromatic carbocycles. The van der Waals surface area contributed by atoms with E-state index in [1.807, 2.05) is 18.2 Å². The van der Waals surface area contributed by atoms with Gasteiger partial charge in [-0.05, 0) is 18.4 Å². The number of hydrogen-bond acceptors (Lipinski definition) is 1. The van der Waals surface area contributed by atoms with Gasteiger partial charge in [-0.15, -0.1) is 0 Å². The highest BCUT2D eigenvalue weighted by Gasteiger charge is 2.34. The minimum Gasteiger partial charge on any atom is -0.322 e. The highest BCUT2D eigenvalue weighted by atomic mass is 14.8. The Bertz CT molecular complexity index is 283. The molecule has 0 radical (unpaired) electrons. The van der Waals surface area contributed by atoms with Gasteiger partial charge in [0.2, 0.25) is 0 Å². The van der Waals surface area contributed by atoms with Gasteiger partial charge in [-0.1, -0.05) is 42.5 Å². The Labute approximate surface area is 72.9 Å². The molecule has 0 saturated heterocycles. The lowest BCUT2D eigenvalue weighted by molar-refractivity contribution is 0.860. The molecule has 0 spiro atoms. The molecule has 1 saturated carbocycles. The molecule has 0 heterocycles. The van der Waals surface area contributed by atoms with Crippen LogP contribution in [0.1, 0.15) is 18.4 Å². The highest BCUT2D eigenvalue weighted by Crippen LogP contribution is 2.33. The van der Waals surface area contributed by atoms with Gasteiger partial charge in [-0.25, -0.2) is 0 Å². The molecule has 1 nitrogen and oxygen atoms in total. The van der Waals surface area contributed by atoms with Gasteiger partial charge in [0.1, 0.15) is 0 Å². The first kappa shape index (κ1) is 7.56. The van der Waals surface area contributed by atoms with Crippen molar-refractivity contribution in [1.29, 1.82) is 0 Å². The van der Waals surface area contributed by atoms with Crippen LogP contribution >= 0.6 is 0 Å². The fraction of sp³-hybridized carbons (Fsp3) is 0.273. The zero-order valence-corrected chi connectivity index (χ0v) is 7.03. The van der Waals surface area contributed by atoms with Crippen molar-refractivity contribution >= 4 is 6.08 Å². The molecule has 12 heavy (non-hydrogen) atoms. The third-order valence-corrected chi connectivity index (χ3v) is 2.23. The van der Waals surface area contributed by atoms with E-state index in [2.05, 4.69) is 24.3 Å². The normalized spacial score (nSPS) is 19.8. The van der Waals surface area contributed by atoms with Crippen LogP contribution < -0.4 is 5.73 Å². The van der Waals surface area contributed by atoms with Crippen molar-refractivity contribution in [3.05, 3.63) is 42.0 Å². The molecule has 0 amide bonds. The van der Waals surface area contributed by atoms with Crippen molar-refractivity contribution in [2.75, 3.05) is 0 Å². The maximum Gasteiger partial charge on any atom is 0.0343 e. The Morgan fingerprint density at radius 1 is 1.17 bits per heavy atom. The number of nitrogens with two attached hydrogens (primary N) is 1. The van der Waals surface area contributed by atoms with E-state index in [0.717, 1.165) is 12.8 Å². The van der Waals surface area contributed by atoms with Crippen molar-refractivity contribution in [2.24, 2.45) is 5.73 Å². The van der Waals surface area contributed by atoms with E-state index < -0.39 is 0 Å². The van der Waals surface area contributed by atoms with E-state index in [4.69, 9.17) is 5.73 Å². The fourth-order valence-corrected chi connectivity index (χ4v) is 1.14. The minimum absolute atomic E-state index is 0.0237. The molecular weight excluding hydrogens is 146 g/mol. The summed E-state index contributed by atoms with van der Waals surface area (Å²) in [5, 5.41) is 0. The molecule has 2 rings (SSSR count). The molecule has 62 valence electrons. The van der Waals surface area contributed by atoms with Crippen LogP contribution in [0.15, 0.2) is 36.4 Å². The molecule has 1 aliphatic rings. The van der Waals surface area contributed by atoms with Gasteiger partial charge in [-0.2, -0.15) is 0 Å². The van der Waals surface area contributed by atoms with Gasteiger partial charge in [0, 0.05) is 5.54 Å². The SMILES string of the molecule is NC1(/C=C/c2ccccc2)CC1. The van der Waals surface area contributed by atoms with Crippen LogP contribution in [0.2, 0.25) is 0 Å². The molecule has 1 heteroatoms. The average Bonchev–Trinajstić information content (AvgIpc) is 2.84. The summed E-state index contributed by atoms with van der Waals surface area (Å²) >= 11 is 0. The van der Waals surface area contributed by atoms with Gasteiger partial charge < -0.3 is 5.73 Å². The van der Waals surface area contributed by atoms with Gasteiger partial charge in [0.05, 0.1) is 0 Å². The van der Waals surface area contributed by atoms with Crippen LogP contribution in [0.4, 0.5) is 0 Å². The number of benzene rings is 1. The van der Waals surface area contributed by atoms with E-state index in [9.17, 15) is 0 Å². The van der Waals surface area contributed by atoms with Gasteiger partial charge in [0.25, 0.3) is 0 Å². The Kier molecular flexibility index (Phi) is 1.74. The van der Waals surface area contributed by atoms with Crippen molar-refractivity contribution in [3.63, 3.8) is 0 Å². The molecule has 0 atom stereocenters. The van der Waals surface area contributed by atoms with Crippen LogP contribution in [0, 0.1) is 0 Å². The maximum absolute atomic E-state index is 5.91. The lowest BCUT2D eigenvalue weighted by Gasteiger charge is -1.98. The van der Waals surface area contributed by atoms with E-state index in [0.29, 0.717) is 0 Å². The minimum atomic E-state index is 0.0237. The smallest absolute Gasteiger partial charge is 0.0343 e. The largest absolute Gasteiger partial charge is 0.322 e. The zero-order valence-electron chi connectivity index (χ0n) is 7.03. The van der Waals surface area contributed by atoms with Crippen LogP contribution in [0.5, 0.6) is 0 Å². The van der Waals surface area contributed by atoms with Gasteiger partial charge >= 0.3 is 0 Å². The molecular formula is C11H13N. The second-order valence-electron chi connectivity index (χ2n) is 3.48. The van der Waals surface area contributed by atoms with Crippen molar-refractivity contribution in [1.82, 2.24) is 0 Å². The Hall–Kier alpha value is -1.08. The summed E-state index contributed by atoms with van der Waals surface area (Å²) in [5.74, 6) is 0. The van der Waals surface area contributed by atoms with Crippen LogP contribution in [0.25, 0.3) is 6.08 Å². The molecule has 1 aromatic rings. The zero-order chi connectivity index (χ0) is 8.44. The average molecular weight is 159 g/mol. The molecule has 0 aliphatic heterocycles. The second-order valence-corrected chi connectivity index (χ2v) is 3.48. The number of hydrogen-bond donors (Lipinski definition) is 1. The molecule has 1 aliphatic carbocycles. The summed E-state index contributed by atoms with van der Waals surface area (Å²) in [6.45, 7) is 0.